The van der Waals surface area contributed by atoms with Crippen molar-refractivity contribution in [3.63, 3.8) is 0 Å². The van der Waals surface area contributed by atoms with Gasteiger partial charge in [0, 0.05) is 48.6 Å². The van der Waals surface area contributed by atoms with Crippen molar-refractivity contribution in [3.8, 4) is 0 Å². The minimum atomic E-state index is -0.454. The van der Waals surface area contributed by atoms with Crippen molar-refractivity contribution in [3.05, 3.63) is 97.1 Å². The van der Waals surface area contributed by atoms with E-state index in [9.17, 15) is 38.4 Å². The van der Waals surface area contributed by atoms with E-state index in [0.717, 1.165) is 19.6 Å². The van der Waals surface area contributed by atoms with Crippen LogP contribution >= 0.6 is 0 Å². The summed E-state index contributed by atoms with van der Waals surface area (Å²) in [6, 6.07) is 12.2. The van der Waals surface area contributed by atoms with Gasteiger partial charge in [0.1, 0.15) is 0 Å². The molecular weight excluding hydrogens is 520 g/mol. The van der Waals surface area contributed by atoms with Gasteiger partial charge in [-0.2, -0.15) is 0 Å². The van der Waals surface area contributed by atoms with Crippen LogP contribution in [-0.2, 0) is 38.4 Å². The molecule has 12 heteroatoms. The molecule has 0 fully saturated rings. The van der Waals surface area contributed by atoms with E-state index in [1.807, 2.05) is 0 Å². The first-order valence-electron chi connectivity index (χ1n) is 11.6. The van der Waals surface area contributed by atoms with E-state index < -0.39 is 47.3 Å². The SMILES string of the molecule is O=C1C=CC(=O)N1c1ccc(N2C(=O)C=CC2=O)cc1.O=C1C=CC(=O)N1c1cccc(N2C(=O)C=CC2=O)c1. The number of anilines is 4. The van der Waals surface area contributed by atoms with Crippen molar-refractivity contribution in [2.24, 2.45) is 0 Å². The highest BCUT2D eigenvalue weighted by atomic mass is 16.2. The number of amides is 8. The van der Waals surface area contributed by atoms with Gasteiger partial charge in [0.25, 0.3) is 47.3 Å². The van der Waals surface area contributed by atoms with Gasteiger partial charge in [-0.05, 0) is 42.5 Å². The van der Waals surface area contributed by atoms with Crippen LogP contribution in [0.5, 0.6) is 0 Å². The Morgan fingerprint density at radius 2 is 0.525 bits per heavy atom. The van der Waals surface area contributed by atoms with Crippen molar-refractivity contribution >= 4 is 70.0 Å². The van der Waals surface area contributed by atoms with Crippen LogP contribution in [0, 0.1) is 0 Å². The molecule has 0 aromatic heterocycles. The number of hydrogen-bond donors (Lipinski definition) is 0. The molecule has 8 amide bonds. The van der Waals surface area contributed by atoms with Crippen molar-refractivity contribution in [2.45, 2.75) is 0 Å². The standard InChI is InChI=1S/2C14H8N2O4/c17-11-5-6-12(18)15(11)9-1-2-10(4-3-9)16-13(19)7-8-14(16)20;17-11-4-5-12(18)15(11)9-2-1-3-10(8-9)16-13(19)6-7-14(16)20/h2*1-8H. The Morgan fingerprint density at radius 1 is 0.300 bits per heavy atom. The molecule has 0 N–H and O–H groups in total. The largest absolute Gasteiger partial charge is 0.269 e. The van der Waals surface area contributed by atoms with Gasteiger partial charge in [-0.1, -0.05) is 6.07 Å². The number of rotatable bonds is 4. The van der Waals surface area contributed by atoms with Crippen molar-refractivity contribution in [2.75, 3.05) is 19.6 Å². The molecule has 0 saturated carbocycles. The van der Waals surface area contributed by atoms with E-state index in [4.69, 9.17) is 0 Å². The number of hydrogen-bond acceptors (Lipinski definition) is 8. The first kappa shape index (κ1) is 25.6. The molecule has 4 aliphatic rings. The van der Waals surface area contributed by atoms with Crippen molar-refractivity contribution < 1.29 is 38.4 Å². The maximum atomic E-state index is 11.6. The van der Waals surface area contributed by atoms with Crippen LogP contribution in [0.25, 0.3) is 0 Å². The van der Waals surface area contributed by atoms with E-state index in [0.29, 0.717) is 22.7 Å². The third-order valence-electron chi connectivity index (χ3n) is 5.95. The number of imide groups is 4. The summed E-state index contributed by atoms with van der Waals surface area (Å²) in [6.07, 6.45) is 9.43. The van der Waals surface area contributed by atoms with Gasteiger partial charge in [0.2, 0.25) is 0 Å². The second-order valence-corrected chi connectivity index (χ2v) is 8.42. The quantitative estimate of drug-likeness (QED) is 0.527. The fraction of sp³-hybridized carbons (Fsp3) is 0. The lowest BCUT2D eigenvalue weighted by atomic mass is 10.2. The number of carbonyl (C=O) groups excluding carboxylic acids is 8. The van der Waals surface area contributed by atoms with Gasteiger partial charge >= 0.3 is 0 Å². The lowest BCUT2D eigenvalue weighted by Gasteiger charge is -2.18. The highest BCUT2D eigenvalue weighted by Gasteiger charge is 2.29. The minimum absolute atomic E-state index is 0.315. The number of carbonyl (C=O) groups is 8. The highest BCUT2D eigenvalue weighted by molar-refractivity contribution is 6.31. The van der Waals surface area contributed by atoms with Crippen LogP contribution in [0.4, 0.5) is 22.7 Å². The van der Waals surface area contributed by atoms with Crippen LogP contribution in [0.3, 0.4) is 0 Å². The third kappa shape index (κ3) is 4.56. The van der Waals surface area contributed by atoms with Crippen LogP contribution in [-0.4, -0.2) is 47.3 Å². The smallest absolute Gasteiger partial charge is 0.258 e. The number of nitrogens with zero attached hydrogens (tertiary/aromatic N) is 4. The molecule has 0 bridgehead atoms. The molecule has 2 aromatic rings. The highest BCUT2D eigenvalue weighted by Crippen LogP contribution is 2.27. The summed E-state index contributed by atoms with van der Waals surface area (Å²) < 4.78 is 0. The molecule has 0 unspecified atom stereocenters. The van der Waals surface area contributed by atoms with E-state index in [1.165, 1.54) is 78.9 Å². The molecule has 0 saturated heterocycles. The maximum Gasteiger partial charge on any atom is 0.258 e. The van der Waals surface area contributed by atoms with E-state index in [-0.39, 0.29) is 0 Å². The summed E-state index contributed by atoms with van der Waals surface area (Å²) >= 11 is 0. The Balaban J connectivity index is 0.000000161. The van der Waals surface area contributed by atoms with E-state index in [2.05, 4.69) is 0 Å². The first-order chi connectivity index (χ1) is 19.2. The predicted octanol–water partition coefficient (Wildman–Crippen LogP) is 1.09. The fourth-order valence-corrected chi connectivity index (χ4v) is 4.14. The van der Waals surface area contributed by atoms with Gasteiger partial charge in [-0.3, -0.25) is 38.4 Å². The normalized spacial score (nSPS) is 17.8. The molecule has 4 heterocycles. The molecule has 196 valence electrons. The number of benzene rings is 2. The van der Waals surface area contributed by atoms with E-state index in [1.54, 1.807) is 18.2 Å². The predicted molar refractivity (Wildman–Crippen MR) is 139 cm³/mol. The molecular formula is C28H16N4O8. The molecule has 0 radical (unpaired) electrons. The second-order valence-electron chi connectivity index (χ2n) is 8.42. The lowest BCUT2D eigenvalue weighted by Crippen LogP contribution is -2.31. The maximum absolute atomic E-state index is 11.6. The van der Waals surface area contributed by atoms with Crippen LogP contribution in [0.15, 0.2) is 97.1 Å². The topological polar surface area (TPSA) is 150 Å². The van der Waals surface area contributed by atoms with Gasteiger partial charge in [0.05, 0.1) is 22.7 Å². The average molecular weight is 536 g/mol. The van der Waals surface area contributed by atoms with Gasteiger partial charge < -0.3 is 0 Å². The van der Waals surface area contributed by atoms with Crippen LogP contribution in [0.2, 0.25) is 0 Å². The Morgan fingerprint density at radius 3 is 0.775 bits per heavy atom. The molecule has 2 aromatic carbocycles. The second kappa shape index (κ2) is 10.0. The molecule has 40 heavy (non-hydrogen) atoms. The summed E-state index contributed by atoms with van der Waals surface area (Å²) in [5.74, 6) is -3.49. The third-order valence-corrected chi connectivity index (χ3v) is 5.95. The monoisotopic (exact) mass is 536 g/mol. The van der Waals surface area contributed by atoms with Gasteiger partial charge in [-0.25, -0.2) is 19.6 Å². The Hall–Kier alpha value is -6.04. The average Bonchev–Trinajstić information content (AvgIpc) is 3.66. The van der Waals surface area contributed by atoms with Crippen molar-refractivity contribution in [1.29, 1.82) is 0 Å². The summed E-state index contributed by atoms with van der Waals surface area (Å²) in [4.78, 5) is 96.5. The zero-order valence-electron chi connectivity index (χ0n) is 20.3. The molecule has 0 spiro atoms. The summed E-state index contributed by atoms with van der Waals surface area (Å²) in [5.41, 5.74) is 1.41. The molecule has 4 aliphatic heterocycles. The van der Waals surface area contributed by atoms with E-state index >= 15 is 0 Å². The Bertz CT molecular complexity index is 1470. The zero-order chi connectivity index (χ0) is 28.6. The zero-order valence-corrected chi connectivity index (χ0v) is 20.3. The summed E-state index contributed by atoms with van der Waals surface area (Å²) in [7, 11) is 0. The summed E-state index contributed by atoms with van der Waals surface area (Å²) in [6.45, 7) is 0. The minimum Gasteiger partial charge on any atom is -0.269 e. The van der Waals surface area contributed by atoms with Crippen LogP contribution in [0.1, 0.15) is 0 Å². The Labute approximate surface area is 225 Å². The summed E-state index contributed by atoms with van der Waals surface area (Å²) in [5, 5.41) is 0. The lowest BCUT2D eigenvalue weighted by molar-refractivity contribution is -0.121. The molecule has 0 aliphatic carbocycles. The molecule has 6 rings (SSSR count). The molecule has 12 nitrogen and oxygen atoms in total. The fourth-order valence-electron chi connectivity index (χ4n) is 4.14. The Kier molecular flexibility index (Phi) is 6.41. The first-order valence-corrected chi connectivity index (χ1v) is 11.6. The molecule has 0 atom stereocenters. The van der Waals surface area contributed by atoms with Crippen molar-refractivity contribution in [1.82, 2.24) is 0 Å². The van der Waals surface area contributed by atoms with Crippen LogP contribution < -0.4 is 19.6 Å². The van der Waals surface area contributed by atoms with Gasteiger partial charge in [-0.15, -0.1) is 0 Å². The van der Waals surface area contributed by atoms with Gasteiger partial charge in [0.15, 0.2) is 0 Å².